The zero-order valence-electron chi connectivity index (χ0n) is 15.0. The monoisotopic (exact) mass is 342 g/mol. The Labute approximate surface area is 144 Å². The highest BCUT2D eigenvalue weighted by Gasteiger charge is 2.35. The van der Waals surface area contributed by atoms with E-state index in [0.717, 1.165) is 5.75 Å². The Kier molecular flexibility index (Phi) is 9.83. The van der Waals surface area contributed by atoms with Crippen LogP contribution in [0.4, 0.5) is 0 Å². The largest absolute Gasteiger partial charge is 0.381 e. The van der Waals surface area contributed by atoms with Crippen molar-refractivity contribution in [3.8, 4) is 0 Å². The number of ether oxygens (including phenoxy) is 4. The highest BCUT2D eigenvalue weighted by Crippen LogP contribution is 2.29. The molecule has 0 aliphatic carbocycles. The molecule has 0 bridgehead atoms. The number of hydrogen-bond donors (Lipinski definition) is 0. The van der Waals surface area contributed by atoms with Gasteiger partial charge >= 0.3 is 0 Å². The smallest absolute Gasteiger partial charge is 0.183 e. The van der Waals surface area contributed by atoms with Crippen LogP contribution in [0.1, 0.15) is 13.8 Å². The topological polar surface area (TPSA) is 36.9 Å². The van der Waals surface area contributed by atoms with E-state index in [0.29, 0.717) is 5.92 Å². The third kappa shape index (κ3) is 6.08. The van der Waals surface area contributed by atoms with E-state index in [1.165, 1.54) is 4.90 Å². The predicted octanol–water partition coefficient (Wildman–Crippen LogP) is 3.70. The van der Waals surface area contributed by atoms with Crippen molar-refractivity contribution in [3.63, 3.8) is 0 Å². The Balaban J connectivity index is 2.68. The molecule has 0 saturated carbocycles. The van der Waals surface area contributed by atoms with Crippen LogP contribution < -0.4 is 0 Å². The van der Waals surface area contributed by atoms with Gasteiger partial charge in [-0.05, 0) is 18.1 Å². The first-order valence-electron chi connectivity index (χ1n) is 7.88. The molecule has 4 nitrogen and oxygen atoms in total. The Bertz CT molecular complexity index is 411. The van der Waals surface area contributed by atoms with Gasteiger partial charge in [-0.25, -0.2) is 0 Å². The lowest BCUT2D eigenvalue weighted by atomic mass is 9.89. The van der Waals surface area contributed by atoms with Gasteiger partial charge in [-0.3, -0.25) is 0 Å². The van der Waals surface area contributed by atoms with Crippen molar-refractivity contribution >= 4 is 11.8 Å². The first-order chi connectivity index (χ1) is 11.1. The van der Waals surface area contributed by atoms with Crippen LogP contribution in [0.3, 0.4) is 0 Å². The lowest BCUT2D eigenvalue weighted by Crippen LogP contribution is -2.44. The fraction of sp³-hybridized carbons (Fsp3) is 0.667. The molecule has 0 saturated heterocycles. The molecule has 0 aliphatic heterocycles. The van der Waals surface area contributed by atoms with E-state index in [2.05, 4.69) is 38.1 Å². The molecule has 132 valence electrons. The number of hydrogen-bond acceptors (Lipinski definition) is 5. The maximum Gasteiger partial charge on any atom is 0.183 e. The fourth-order valence-corrected chi connectivity index (χ4v) is 3.92. The average Bonchev–Trinajstić information content (AvgIpc) is 2.59. The molecule has 5 heteroatoms. The highest BCUT2D eigenvalue weighted by molar-refractivity contribution is 7.99. The standard InChI is InChI=1S/C18H30O4S/c1-13(12-23-15-10-8-7-9-11-15)16(19-3)14(2)17(20-4)18(21-5)22-6/h7-11,13-14,16-18H,12H2,1-6H3/t13-,14-,16+,17+/m0/s1. The molecule has 1 aromatic rings. The molecule has 0 N–H and O–H groups in total. The summed E-state index contributed by atoms with van der Waals surface area (Å²) in [7, 11) is 6.70. The van der Waals surface area contributed by atoms with E-state index in [4.69, 9.17) is 18.9 Å². The van der Waals surface area contributed by atoms with Crippen LogP contribution >= 0.6 is 11.8 Å². The van der Waals surface area contributed by atoms with Gasteiger partial charge in [0.25, 0.3) is 0 Å². The minimum atomic E-state index is -0.401. The molecule has 4 atom stereocenters. The van der Waals surface area contributed by atoms with Gasteiger partial charge in [0.15, 0.2) is 6.29 Å². The van der Waals surface area contributed by atoms with E-state index in [9.17, 15) is 0 Å². The van der Waals surface area contributed by atoms with Crippen LogP contribution in [0.5, 0.6) is 0 Å². The molecule has 1 aromatic carbocycles. The molecule has 0 aromatic heterocycles. The Morgan fingerprint density at radius 1 is 0.826 bits per heavy atom. The lowest BCUT2D eigenvalue weighted by molar-refractivity contribution is -0.200. The number of rotatable bonds is 11. The summed E-state index contributed by atoms with van der Waals surface area (Å²) < 4.78 is 22.1. The maximum atomic E-state index is 5.78. The second kappa shape index (κ2) is 11.0. The van der Waals surface area contributed by atoms with E-state index in [1.54, 1.807) is 28.4 Å². The Morgan fingerprint density at radius 2 is 1.39 bits per heavy atom. The first-order valence-corrected chi connectivity index (χ1v) is 8.86. The summed E-state index contributed by atoms with van der Waals surface area (Å²) in [5.41, 5.74) is 0. The predicted molar refractivity (Wildman–Crippen MR) is 94.9 cm³/mol. The molecule has 0 spiro atoms. The normalized spacial score (nSPS) is 17.0. The third-order valence-corrected chi connectivity index (χ3v) is 5.43. The molecule has 0 amide bonds. The van der Waals surface area contributed by atoms with E-state index in [-0.39, 0.29) is 18.1 Å². The molecule has 0 heterocycles. The third-order valence-electron chi connectivity index (χ3n) is 4.13. The molecule has 0 aliphatic rings. The Morgan fingerprint density at radius 3 is 1.87 bits per heavy atom. The number of benzene rings is 1. The summed E-state index contributed by atoms with van der Waals surface area (Å²) in [4.78, 5) is 1.27. The molecular formula is C18H30O4S. The van der Waals surface area contributed by atoms with Crippen LogP contribution in [0.2, 0.25) is 0 Å². The van der Waals surface area contributed by atoms with E-state index >= 15 is 0 Å². The summed E-state index contributed by atoms with van der Waals surface area (Å²) in [5, 5.41) is 0. The molecular weight excluding hydrogens is 312 g/mol. The van der Waals surface area contributed by atoms with Crippen LogP contribution in [0, 0.1) is 11.8 Å². The van der Waals surface area contributed by atoms with Crippen LogP contribution in [-0.4, -0.2) is 52.7 Å². The number of methoxy groups -OCH3 is 4. The van der Waals surface area contributed by atoms with Crippen molar-refractivity contribution in [2.45, 2.75) is 37.2 Å². The van der Waals surface area contributed by atoms with Crippen LogP contribution in [-0.2, 0) is 18.9 Å². The van der Waals surface area contributed by atoms with Crippen molar-refractivity contribution in [1.82, 2.24) is 0 Å². The average molecular weight is 343 g/mol. The Hall–Kier alpha value is -0.590. The van der Waals surface area contributed by atoms with Gasteiger partial charge in [0.05, 0.1) is 6.10 Å². The van der Waals surface area contributed by atoms with E-state index < -0.39 is 6.29 Å². The second-order valence-corrected chi connectivity index (χ2v) is 6.79. The quantitative estimate of drug-likeness (QED) is 0.453. The zero-order valence-corrected chi connectivity index (χ0v) is 15.8. The summed E-state index contributed by atoms with van der Waals surface area (Å²) in [6, 6.07) is 10.4. The molecule has 1 rings (SSSR count). The van der Waals surface area contributed by atoms with Gasteiger partial charge in [0.1, 0.15) is 6.10 Å². The fourth-order valence-electron chi connectivity index (χ4n) is 2.93. The van der Waals surface area contributed by atoms with Crippen LogP contribution in [0.25, 0.3) is 0 Å². The highest BCUT2D eigenvalue weighted by atomic mass is 32.2. The zero-order chi connectivity index (χ0) is 17.2. The van der Waals surface area contributed by atoms with E-state index in [1.807, 2.05) is 17.8 Å². The lowest BCUT2D eigenvalue weighted by Gasteiger charge is -2.35. The summed E-state index contributed by atoms with van der Waals surface area (Å²) >= 11 is 1.85. The van der Waals surface area contributed by atoms with Gasteiger partial charge in [-0.1, -0.05) is 32.0 Å². The van der Waals surface area contributed by atoms with Crippen molar-refractivity contribution in [2.75, 3.05) is 34.2 Å². The second-order valence-electron chi connectivity index (χ2n) is 5.70. The molecule has 23 heavy (non-hydrogen) atoms. The van der Waals surface area contributed by atoms with Gasteiger partial charge < -0.3 is 18.9 Å². The van der Waals surface area contributed by atoms with Gasteiger partial charge in [-0.2, -0.15) is 0 Å². The number of thioether (sulfide) groups is 1. The minimum Gasteiger partial charge on any atom is -0.381 e. The minimum absolute atomic E-state index is 0.0592. The molecule has 0 radical (unpaired) electrons. The molecule has 0 fully saturated rings. The molecule has 0 unspecified atom stereocenters. The summed E-state index contributed by atoms with van der Waals surface area (Å²) in [6.07, 6.45) is -0.523. The maximum absolute atomic E-state index is 5.78. The van der Waals surface area contributed by atoms with Crippen molar-refractivity contribution in [1.29, 1.82) is 0 Å². The summed E-state index contributed by atoms with van der Waals surface area (Å²) in [6.45, 7) is 4.33. The van der Waals surface area contributed by atoms with Gasteiger partial charge in [-0.15, -0.1) is 11.8 Å². The van der Waals surface area contributed by atoms with Crippen molar-refractivity contribution < 1.29 is 18.9 Å². The van der Waals surface area contributed by atoms with Crippen molar-refractivity contribution in [3.05, 3.63) is 30.3 Å². The first kappa shape index (κ1) is 20.5. The van der Waals surface area contributed by atoms with Crippen LogP contribution in [0.15, 0.2) is 35.2 Å². The SMILES string of the molecule is COC(OC)[C@H](OC)[C@@H](C)[C@H](OC)[C@@H](C)CSc1ccccc1. The van der Waals surface area contributed by atoms with Crippen molar-refractivity contribution in [2.24, 2.45) is 11.8 Å². The van der Waals surface area contributed by atoms with Gasteiger partial charge in [0, 0.05) is 45.0 Å². The van der Waals surface area contributed by atoms with Gasteiger partial charge in [0.2, 0.25) is 0 Å². The summed E-state index contributed by atoms with van der Waals surface area (Å²) in [5.74, 6) is 1.49.